The van der Waals surface area contributed by atoms with Crippen LogP contribution < -0.4 is 5.32 Å². The van der Waals surface area contributed by atoms with Gasteiger partial charge in [-0.1, -0.05) is 54.6 Å². The molecule has 0 spiro atoms. The SMILES string of the molecule is Cc1sc(Br)c(C(=O)NC2CCC(C(=O)O)CC2)c1Cc1ccc(-c2ccccc2)cc1. The van der Waals surface area contributed by atoms with Crippen molar-refractivity contribution in [1.29, 1.82) is 0 Å². The monoisotopic (exact) mass is 511 g/mol. The number of hydrogen-bond acceptors (Lipinski definition) is 3. The number of rotatable bonds is 6. The van der Waals surface area contributed by atoms with E-state index in [1.165, 1.54) is 11.1 Å². The van der Waals surface area contributed by atoms with Gasteiger partial charge in [-0.15, -0.1) is 11.3 Å². The summed E-state index contributed by atoms with van der Waals surface area (Å²) in [5, 5.41) is 12.3. The second kappa shape index (κ2) is 10.0. The van der Waals surface area contributed by atoms with Crippen LogP contribution in [0.4, 0.5) is 0 Å². The zero-order valence-corrected chi connectivity index (χ0v) is 20.3. The van der Waals surface area contributed by atoms with E-state index in [0.717, 1.165) is 19.8 Å². The molecule has 4 nitrogen and oxygen atoms in total. The first-order chi connectivity index (χ1) is 15.4. The lowest BCUT2D eigenvalue weighted by Gasteiger charge is -2.27. The molecule has 0 saturated heterocycles. The Morgan fingerprint density at radius 3 is 2.25 bits per heavy atom. The number of carbonyl (C=O) groups excluding carboxylic acids is 1. The molecule has 0 atom stereocenters. The average molecular weight is 512 g/mol. The Balaban J connectivity index is 1.47. The fourth-order valence-electron chi connectivity index (χ4n) is 4.37. The topological polar surface area (TPSA) is 66.4 Å². The molecule has 1 fully saturated rings. The molecule has 0 bridgehead atoms. The maximum Gasteiger partial charge on any atom is 0.306 e. The van der Waals surface area contributed by atoms with E-state index in [-0.39, 0.29) is 17.9 Å². The number of thiophene rings is 1. The van der Waals surface area contributed by atoms with Crippen LogP contribution in [0.2, 0.25) is 0 Å². The summed E-state index contributed by atoms with van der Waals surface area (Å²) in [6, 6.07) is 18.8. The van der Waals surface area contributed by atoms with E-state index in [2.05, 4.69) is 64.6 Å². The van der Waals surface area contributed by atoms with Gasteiger partial charge in [0.2, 0.25) is 0 Å². The Kier molecular flexibility index (Phi) is 7.11. The number of aliphatic carboxylic acids is 1. The lowest BCUT2D eigenvalue weighted by Crippen LogP contribution is -2.39. The summed E-state index contributed by atoms with van der Waals surface area (Å²) in [5.74, 6) is -1.09. The van der Waals surface area contributed by atoms with Gasteiger partial charge in [0.1, 0.15) is 0 Å². The van der Waals surface area contributed by atoms with Crippen LogP contribution in [0.3, 0.4) is 0 Å². The summed E-state index contributed by atoms with van der Waals surface area (Å²) in [4.78, 5) is 25.5. The van der Waals surface area contributed by atoms with Crippen molar-refractivity contribution < 1.29 is 14.7 Å². The van der Waals surface area contributed by atoms with Gasteiger partial charge in [-0.3, -0.25) is 9.59 Å². The molecule has 1 heterocycles. The summed E-state index contributed by atoms with van der Waals surface area (Å²) in [7, 11) is 0. The number of aryl methyl sites for hydroxylation is 1. The lowest BCUT2D eigenvalue weighted by molar-refractivity contribution is -0.142. The molecule has 0 aliphatic heterocycles. The molecule has 166 valence electrons. The van der Waals surface area contributed by atoms with Gasteiger partial charge >= 0.3 is 5.97 Å². The zero-order chi connectivity index (χ0) is 22.7. The Morgan fingerprint density at radius 1 is 1.00 bits per heavy atom. The van der Waals surface area contributed by atoms with Crippen LogP contribution in [0.15, 0.2) is 58.4 Å². The fraction of sp³-hybridized carbons (Fsp3) is 0.308. The number of nitrogens with one attached hydrogen (secondary N) is 1. The highest BCUT2D eigenvalue weighted by Gasteiger charge is 2.28. The molecule has 1 aromatic heterocycles. The van der Waals surface area contributed by atoms with Gasteiger partial charge in [0.15, 0.2) is 0 Å². The van der Waals surface area contributed by atoms with Crippen molar-refractivity contribution in [2.75, 3.05) is 0 Å². The molecule has 32 heavy (non-hydrogen) atoms. The summed E-state index contributed by atoms with van der Waals surface area (Å²) in [6.45, 7) is 2.05. The zero-order valence-electron chi connectivity index (χ0n) is 17.9. The van der Waals surface area contributed by atoms with Crippen LogP contribution >= 0.6 is 27.3 Å². The third-order valence-electron chi connectivity index (χ3n) is 6.25. The van der Waals surface area contributed by atoms with Crippen LogP contribution in [0.5, 0.6) is 0 Å². The summed E-state index contributed by atoms with van der Waals surface area (Å²) >= 11 is 5.19. The quantitative estimate of drug-likeness (QED) is 0.399. The number of halogens is 1. The summed E-state index contributed by atoms with van der Waals surface area (Å²) < 4.78 is 0.850. The maximum absolute atomic E-state index is 13.2. The van der Waals surface area contributed by atoms with Gasteiger partial charge in [-0.05, 0) is 77.2 Å². The van der Waals surface area contributed by atoms with E-state index in [9.17, 15) is 14.7 Å². The smallest absolute Gasteiger partial charge is 0.306 e. The Bertz CT molecular complexity index is 1100. The number of carboxylic acid groups (broad SMARTS) is 1. The van der Waals surface area contributed by atoms with Crippen molar-refractivity contribution in [3.8, 4) is 11.1 Å². The van der Waals surface area contributed by atoms with Crippen molar-refractivity contribution in [1.82, 2.24) is 5.32 Å². The van der Waals surface area contributed by atoms with E-state index in [0.29, 0.717) is 37.7 Å². The normalized spacial score (nSPS) is 18.3. The van der Waals surface area contributed by atoms with Crippen LogP contribution in [-0.2, 0) is 11.2 Å². The van der Waals surface area contributed by atoms with Crippen molar-refractivity contribution in [3.05, 3.63) is 80.0 Å². The van der Waals surface area contributed by atoms with Crippen molar-refractivity contribution in [3.63, 3.8) is 0 Å². The maximum atomic E-state index is 13.2. The van der Waals surface area contributed by atoms with Gasteiger partial charge in [-0.2, -0.15) is 0 Å². The second-order valence-electron chi connectivity index (χ2n) is 8.39. The highest BCUT2D eigenvalue weighted by Crippen LogP contribution is 2.35. The third kappa shape index (κ3) is 5.13. The minimum Gasteiger partial charge on any atom is -0.481 e. The van der Waals surface area contributed by atoms with E-state index in [1.807, 2.05) is 18.2 Å². The molecular formula is C26H26BrNO3S. The Hall–Kier alpha value is -2.44. The molecule has 1 saturated carbocycles. The van der Waals surface area contributed by atoms with E-state index in [4.69, 9.17) is 0 Å². The van der Waals surface area contributed by atoms with Gasteiger partial charge in [-0.25, -0.2) is 0 Å². The molecule has 6 heteroatoms. The van der Waals surface area contributed by atoms with Crippen molar-refractivity contribution in [2.45, 2.75) is 45.1 Å². The molecule has 0 unspecified atom stereocenters. The fourth-order valence-corrected chi connectivity index (χ4v) is 6.40. The first-order valence-corrected chi connectivity index (χ1v) is 12.5. The number of hydrogen-bond donors (Lipinski definition) is 2. The van der Waals surface area contributed by atoms with E-state index < -0.39 is 5.97 Å². The lowest BCUT2D eigenvalue weighted by atomic mass is 9.86. The van der Waals surface area contributed by atoms with Gasteiger partial charge in [0.25, 0.3) is 5.91 Å². The summed E-state index contributed by atoms with van der Waals surface area (Å²) in [6.07, 6.45) is 3.34. The number of carbonyl (C=O) groups is 2. The average Bonchev–Trinajstić information content (AvgIpc) is 3.08. The molecule has 2 aromatic carbocycles. The molecule has 3 aromatic rings. The third-order valence-corrected chi connectivity index (χ3v) is 8.06. The second-order valence-corrected chi connectivity index (χ2v) is 10.9. The molecule has 1 amide bonds. The molecule has 1 aliphatic rings. The van der Waals surface area contributed by atoms with Crippen LogP contribution in [-0.4, -0.2) is 23.0 Å². The number of benzene rings is 2. The van der Waals surface area contributed by atoms with E-state index >= 15 is 0 Å². The van der Waals surface area contributed by atoms with Gasteiger partial charge in [0.05, 0.1) is 15.3 Å². The van der Waals surface area contributed by atoms with Crippen LogP contribution in [0.1, 0.15) is 52.0 Å². The van der Waals surface area contributed by atoms with Crippen LogP contribution in [0.25, 0.3) is 11.1 Å². The highest BCUT2D eigenvalue weighted by atomic mass is 79.9. The first kappa shape index (κ1) is 22.7. The number of amides is 1. The number of carboxylic acids is 1. The predicted molar refractivity (Wildman–Crippen MR) is 132 cm³/mol. The van der Waals surface area contributed by atoms with Crippen molar-refractivity contribution >= 4 is 39.1 Å². The summed E-state index contributed by atoms with van der Waals surface area (Å²) in [5.41, 5.74) is 5.28. The van der Waals surface area contributed by atoms with Crippen LogP contribution in [0, 0.1) is 12.8 Å². The largest absolute Gasteiger partial charge is 0.481 e. The molecule has 1 aliphatic carbocycles. The standard InChI is InChI=1S/C26H26BrNO3S/c1-16-22(15-17-7-9-19(10-8-17)18-5-3-2-4-6-18)23(24(27)32-16)25(29)28-21-13-11-20(12-14-21)26(30)31/h2-10,20-21H,11-15H2,1H3,(H,28,29)(H,30,31). The minimum atomic E-state index is -0.730. The molecular weight excluding hydrogens is 486 g/mol. The van der Waals surface area contributed by atoms with Gasteiger partial charge in [0, 0.05) is 10.9 Å². The molecule has 0 radical (unpaired) electrons. The Labute approximate surface area is 200 Å². The molecule has 2 N–H and O–H groups in total. The van der Waals surface area contributed by atoms with Crippen molar-refractivity contribution in [2.24, 2.45) is 5.92 Å². The predicted octanol–water partition coefficient (Wildman–Crippen LogP) is 6.45. The first-order valence-electron chi connectivity index (χ1n) is 10.9. The van der Waals surface area contributed by atoms with E-state index in [1.54, 1.807) is 11.3 Å². The minimum absolute atomic E-state index is 0.0308. The highest BCUT2D eigenvalue weighted by molar-refractivity contribution is 9.11. The Morgan fingerprint density at radius 2 is 1.62 bits per heavy atom. The van der Waals surface area contributed by atoms with Gasteiger partial charge < -0.3 is 10.4 Å². The molecule has 4 rings (SSSR count).